The summed E-state index contributed by atoms with van der Waals surface area (Å²) in [6.45, 7) is 0. The van der Waals surface area contributed by atoms with E-state index in [1.54, 1.807) is 12.1 Å². The number of rotatable bonds is 1. The molecule has 3 N–H and O–H groups in total. The topological polar surface area (TPSA) is 54.7 Å². The number of aromatic amines is 1. The zero-order chi connectivity index (χ0) is 13.6. The molecule has 0 radical (unpaired) electrons. The summed E-state index contributed by atoms with van der Waals surface area (Å²) in [5.41, 5.74) is 8.73. The lowest BCUT2D eigenvalue weighted by Crippen LogP contribution is -1.86. The van der Waals surface area contributed by atoms with Crippen LogP contribution in [0.3, 0.4) is 0 Å². The van der Waals surface area contributed by atoms with E-state index >= 15 is 0 Å². The summed E-state index contributed by atoms with van der Waals surface area (Å²) < 4.78 is 0.929. The highest BCUT2D eigenvalue weighted by molar-refractivity contribution is 9.10. The number of H-pyrrole nitrogens is 1. The van der Waals surface area contributed by atoms with Gasteiger partial charge in [0.15, 0.2) is 0 Å². The fourth-order valence-corrected chi connectivity index (χ4v) is 2.71. The van der Waals surface area contributed by atoms with Crippen LogP contribution in [0.4, 0.5) is 5.69 Å². The molecule has 3 aromatic rings. The normalized spacial score (nSPS) is 11.1. The van der Waals surface area contributed by atoms with Gasteiger partial charge in [0.1, 0.15) is 11.3 Å². The number of imidazole rings is 1. The van der Waals surface area contributed by atoms with Gasteiger partial charge >= 0.3 is 0 Å². The number of nitrogens with one attached hydrogen (secondary N) is 1. The predicted molar refractivity (Wildman–Crippen MR) is 83.7 cm³/mol. The van der Waals surface area contributed by atoms with Gasteiger partial charge < -0.3 is 10.7 Å². The third-order valence-electron chi connectivity index (χ3n) is 2.76. The van der Waals surface area contributed by atoms with Gasteiger partial charge in [0.05, 0.1) is 16.2 Å². The molecule has 3 nitrogen and oxygen atoms in total. The molecule has 0 saturated heterocycles. The van der Waals surface area contributed by atoms with Gasteiger partial charge in [-0.3, -0.25) is 0 Å². The maximum absolute atomic E-state index is 6.19. The van der Waals surface area contributed by atoms with Gasteiger partial charge in [0.2, 0.25) is 0 Å². The lowest BCUT2D eigenvalue weighted by atomic mass is 10.2. The molecule has 19 heavy (non-hydrogen) atoms. The highest BCUT2D eigenvalue weighted by Gasteiger charge is 2.11. The van der Waals surface area contributed by atoms with E-state index in [0.29, 0.717) is 27.1 Å². The van der Waals surface area contributed by atoms with E-state index in [0.717, 1.165) is 15.6 Å². The van der Waals surface area contributed by atoms with Crippen LogP contribution in [0.1, 0.15) is 0 Å². The number of halogens is 3. The predicted octanol–water partition coefficient (Wildman–Crippen LogP) is 4.88. The second-order valence-electron chi connectivity index (χ2n) is 4.10. The molecule has 0 saturated carbocycles. The Bertz CT molecular complexity index is 783. The van der Waals surface area contributed by atoms with Crippen LogP contribution in [0.2, 0.25) is 10.0 Å². The molecule has 96 valence electrons. The number of nitrogens with zero attached hydrogens (tertiary/aromatic N) is 1. The first-order valence-electron chi connectivity index (χ1n) is 5.45. The van der Waals surface area contributed by atoms with E-state index in [-0.39, 0.29) is 0 Å². The Balaban J connectivity index is 2.26. The molecule has 0 aliphatic carbocycles. The number of benzene rings is 2. The number of hydrogen-bond acceptors (Lipinski definition) is 2. The van der Waals surface area contributed by atoms with Gasteiger partial charge in [0.25, 0.3) is 0 Å². The first-order valence-corrected chi connectivity index (χ1v) is 6.99. The van der Waals surface area contributed by atoms with Crippen molar-refractivity contribution in [1.82, 2.24) is 9.97 Å². The fourth-order valence-electron chi connectivity index (χ4n) is 1.91. The van der Waals surface area contributed by atoms with E-state index in [9.17, 15) is 0 Å². The van der Waals surface area contributed by atoms with Gasteiger partial charge in [-0.2, -0.15) is 0 Å². The quantitative estimate of drug-likeness (QED) is 0.610. The van der Waals surface area contributed by atoms with Crippen molar-refractivity contribution in [3.63, 3.8) is 0 Å². The van der Waals surface area contributed by atoms with Crippen molar-refractivity contribution < 1.29 is 0 Å². The number of fused-ring (bicyclic) bond motifs is 1. The molecular weight excluding hydrogens is 349 g/mol. The third kappa shape index (κ3) is 2.31. The van der Waals surface area contributed by atoms with Crippen molar-refractivity contribution in [1.29, 1.82) is 0 Å². The average Bonchev–Trinajstić information content (AvgIpc) is 2.76. The Morgan fingerprint density at radius 1 is 1.16 bits per heavy atom. The lowest BCUT2D eigenvalue weighted by molar-refractivity contribution is 1.33. The second kappa shape index (κ2) is 4.71. The van der Waals surface area contributed by atoms with Crippen LogP contribution in [0, 0.1) is 0 Å². The van der Waals surface area contributed by atoms with E-state index in [1.807, 2.05) is 18.2 Å². The van der Waals surface area contributed by atoms with Gasteiger partial charge in [-0.15, -0.1) is 0 Å². The molecule has 0 aliphatic heterocycles. The summed E-state index contributed by atoms with van der Waals surface area (Å²) in [6.07, 6.45) is 0. The SMILES string of the molecule is Nc1cc(Cl)cc2[nH]c(-c3cc(Br)ccc3Cl)nc12. The molecule has 0 unspecified atom stereocenters. The Morgan fingerprint density at radius 2 is 1.95 bits per heavy atom. The molecule has 3 rings (SSSR count). The van der Waals surface area contributed by atoms with Crippen molar-refractivity contribution in [2.75, 3.05) is 5.73 Å². The van der Waals surface area contributed by atoms with Crippen LogP contribution < -0.4 is 5.73 Å². The average molecular weight is 357 g/mol. The van der Waals surface area contributed by atoms with E-state index in [4.69, 9.17) is 28.9 Å². The van der Waals surface area contributed by atoms with Crippen molar-refractivity contribution in [2.24, 2.45) is 0 Å². The van der Waals surface area contributed by atoms with Crippen molar-refractivity contribution >= 4 is 55.9 Å². The molecular formula is C13H8BrCl2N3. The number of aromatic nitrogens is 2. The molecule has 0 aliphatic rings. The van der Waals surface area contributed by atoms with E-state index in [2.05, 4.69) is 25.9 Å². The zero-order valence-electron chi connectivity index (χ0n) is 9.55. The first kappa shape index (κ1) is 12.8. The van der Waals surface area contributed by atoms with Crippen LogP contribution in [0.5, 0.6) is 0 Å². The van der Waals surface area contributed by atoms with Crippen LogP contribution in [0.15, 0.2) is 34.8 Å². The smallest absolute Gasteiger partial charge is 0.140 e. The largest absolute Gasteiger partial charge is 0.397 e. The van der Waals surface area contributed by atoms with Crippen LogP contribution in [0.25, 0.3) is 22.4 Å². The van der Waals surface area contributed by atoms with Gasteiger partial charge in [-0.25, -0.2) is 4.98 Å². The van der Waals surface area contributed by atoms with Gasteiger partial charge in [-0.05, 0) is 30.3 Å². The minimum atomic E-state index is 0.538. The van der Waals surface area contributed by atoms with E-state index in [1.165, 1.54) is 0 Å². The molecule has 0 bridgehead atoms. The molecule has 1 heterocycles. The molecule has 0 spiro atoms. The number of anilines is 1. The molecule has 0 amide bonds. The molecule has 0 fully saturated rings. The minimum absolute atomic E-state index is 0.538. The number of nitrogen functional groups attached to an aromatic ring is 1. The Morgan fingerprint density at radius 3 is 2.74 bits per heavy atom. The summed E-state index contributed by atoms with van der Waals surface area (Å²) in [6, 6.07) is 9.05. The maximum atomic E-state index is 6.19. The summed E-state index contributed by atoms with van der Waals surface area (Å²) in [5, 5.41) is 1.19. The summed E-state index contributed by atoms with van der Waals surface area (Å²) >= 11 is 15.6. The first-order chi connectivity index (χ1) is 9.04. The van der Waals surface area contributed by atoms with Crippen molar-refractivity contribution in [3.8, 4) is 11.4 Å². The van der Waals surface area contributed by atoms with E-state index < -0.39 is 0 Å². The lowest BCUT2D eigenvalue weighted by Gasteiger charge is -2.00. The standard InChI is InChI=1S/C13H8BrCl2N3/c14-6-1-2-9(16)8(3-6)13-18-11-5-7(15)4-10(17)12(11)19-13/h1-5H,17H2,(H,18,19). The minimum Gasteiger partial charge on any atom is -0.397 e. The van der Waals surface area contributed by atoms with Crippen molar-refractivity contribution in [2.45, 2.75) is 0 Å². The third-order valence-corrected chi connectivity index (χ3v) is 3.81. The monoisotopic (exact) mass is 355 g/mol. The van der Waals surface area contributed by atoms with Crippen LogP contribution >= 0.6 is 39.1 Å². The van der Waals surface area contributed by atoms with Crippen LogP contribution in [-0.4, -0.2) is 9.97 Å². The Labute approximate surface area is 127 Å². The Kier molecular flexibility index (Phi) is 3.17. The van der Waals surface area contributed by atoms with Crippen LogP contribution in [-0.2, 0) is 0 Å². The molecule has 6 heteroatoms. The maximum Gasteiger partial charge on any atom is 0.140 e. The summed E-state index contributed by atoms with van der Waals surface area (Å²) in [7, 11) is 0. The highest BCUT2D eigenvalue weighted by atomic mass is 79.9. The summed E-state index contributed by atoms with van der Waals surface area (Å²) in [4.78, 5) is 7.66. The van der Waals surface area contributed by atoms with Gasteiger partial charge in [0, 0.05) is 15.1 Å². The van der Waals surface area contributed by atoms with Gasteiger partial charge in [-0.1, -0.05) is 39.1 Å². The number of nitrogens with two attached hydrogens (primary N) is 1. The molecule has 2 aromatic carbocycles. The van der Waals surface area contributed by atoms with Crippen molar-refractivity contribution in [3.05, 3.63) is 44.8 Å². The molecule has 1 aromatic heterocycles. The fraction of sp³-hybridized carbons (Fsp3) is 0. The molecule has 0 atom stereocenters. The number of hydrogen-bond donors (Lipinski definition) is 2. The zero-order valence-corrected chi connectivity index (χ0v) is 12.6. The second-order valence-corrected chi connectivity index (χ2v) is 5.86. The highest BCUT2D eigenvalue weighted by Crippen LogP contribution is 2.32. The Hall–Kier alpha value is -1.23. The summed E-state index contributed by atoms with van der Waals surface area (Å²) in [5.74, 6) is 0.662.